The van der Waals surface area contributed by atoms with E-state index in [1.165, 1.54) is 5.56 Å². The van der Waals surface area contributed by atoms with Crippen molar-refractivity contribution in [1.82, 2.24) is 14.9 Å². The van der Waals surface area contributed by atoms with E-state index in [-0.39, 0.29) is 5.91 Å². The molecule has 0 aliphatic carbocycles. The van der Waals surface area contributed by atoms with Crippen LogP contribution in [0.25, 0.3) is 0 Å². The van der Waals surface area contributed by atoms with Crippen molar-refractivity contribution in [3.63, 3.8) is 0 Å². The fourth-order valence-corrected chi connectivity index (χ4v) is 3.08. The summed E-state index contributed by atoms with van der Waals surface area (Å²) in [5, 5.41) is 3.39. The molecule has 1 N–H and O–H groups in total. The van der Waals surface area contributed by atoms with Crippen LogP contribution in [0, 0.1) is 0 Å². The molecule has 1 heterocycles. The lowest BCUT2D eigenvalue weighted by Crippen LogP contribution is -2.23. The van der Waals surface area contributed by atoms with E-state index >= 15 is 0 Å². The number of hydrogen-bond donors (Lipinski definition) is 1. The fourth-order valence-electron chi connectivity index (χ4n) is 2.44. The molecule has 128 valence electrons. The van der Waals surface area contributed by atoms with Crippen LogP contribution in [0.1, 0.15) is 21.5 Å². The molecule has 3 rings (SSSR count). The van der Waals surface area contributed by atoms with Crippen LogP contribution in [0.3, 0.4) is 0 Å². The Labute approximate surface area is 156 Å². The molecule has 0 radical (unpaired) electrons. The molecule has 3 aromatic rings. The average Bonchev–Trinajstić information content (AvgIpc) is 3.14. The molecule has 1 aromatic heterocycles. The molecule has 0 fully saturated rings. The number of halogens is 1. The zero-order valence-corrected chi connectivity index (χ0v) is 15.3. The second kappa shape index (κ2) is 8.23. The minimum Gasteiger partial charge on any atom is -0.348 e. The van der Waals surface area contributed by atoms with Gasteiger partial charge in [0.05, 0.1) is 16.9 Å². The number of nitrogens with zero attached hydrogens (tertiary/aromatic N) is 2. The Morgan fingerprint density at radius 1 is 1.20 bits per heavy atom. The number of amides is 1. The highest BCUT2D eigenvalue weighted by Crippen LogP contribution is 2.23. The highest BCUT2D eigenvalue weighted by Gasteiger charge is 2.11. The number of thioether (sulfide) groups is 1. The van der Waals surface area contributed by atoms with E-state index in [2.05, 4.69) is 22.4 Å². The summed E-state index contributed by atoms with van der Waals surface area (Å²) in [6.45, 7) is 1.24. The molecule has 1 amide bonds. The maximum absolute atomic E-state index is 12.4. The van der Waals surface area contributed by atoms with Gasteiger partial charge in [-0.1, -0.05) is 35.9 Å². The Hall–Kier alpha value is -2.24. The number of carbonyl (C=O) groups is 1. The number of aromatic nitrogens is 2. The van der Waals surface area contributed by atoms with Crippen LogP contribution in [0.15, 0.2) is 66.1 Å². The highest BCUT2D eigenvalue weighted by atomic mass is 35.5. The average molecular weight is 372 g/mol. The van der Waals surface area contributed by atoms with Crippen molar-refractivity contribution in [2.24, 2.45) is 0 Å². The molecule has 4 nitrogen and oxygen atoms in total. The zero-order valence-electron chi connectivity index (χ0n) is 13.8. The molecule has 6 heteroatoms. The van der Waals surface area contributed by atoms with Gasteiger partial charge in [-0.25, -0.2) is 4.98 Å². The van der Waals surface area contributed by atoms with Crippen LogP contribution >= 0.6 is 23.4 Å². The summed E-state index contributed by atoms with van der Waals surface area (Å²) in [4.78, 5) is 17.4. The first kappa shape index (κ1) is 17.6. The first-order valence-electron chi connectivity index (χ1n) is 7.81. The zero-order chi connectivity index (χ0) is 17.6. The molecule has 0 saturated heterocycles. The van der Waals surface area contributed by atoms with Crippen molar-refractivity contribution in [3.05, 3.63) is 82.9 Å². The van der Waals surface area contributed by atoms with Crippen LogP contribution in [-0.4, -0.2) is 21.7 Å². The molecule has 0 atom stereocenters. The Bertz CT molecular complexity index is 848. The summed E-state index contributed by atoms with van der Waals surface area (Å²) >= 11 is 7.72. The summed E-state index contributed by atoms with van der Waals surface area (Å²) < 4.78 is 2.01. The van der Waals surface area contributed by atoms with Crippen LogP contribution in [0.2, 0.25) is 5.02 Å². The van der Waals surface area contributed by atoms with Crippen molar-refractivity contribution in [2.75, 3.05) is 6.26 Å². The first-order chi connectivity index (χ1) is 12.2. The fraction of sp³-hybridized carbons (Fsp3) is 0.158. The summed E-state index contributed by atoms with van der Waals surface area (Å²) in [7, 11) is 0. The second-order valence-electron chi connectivity index (χ2n) is 5.58. The molecule has 0 saturated carbocycles. The highest BCUT2D eigenvalue weighted by molar-refractivity contribution is 7.98. The van der Waals surface area contributed by atoms with Crippen molar-refractivity contribution in [1.29, 1.82) is 0 Å². The van der Waals surface area contributed by atoms with Crippen LogP contribution in [0.5, 0.6) is 0 Å². The largest absolute Gasteiger partial charge is 0.348 e. The van der Waals surface area contributed by atoms with Crippen LogP contribution in [0.4, 0.5) is 0 Å². The van der Waals surface area contributed by atoms with Crippen molar-refractivity contribution in [3.8, 4) is 0 Å². The molecule has 25 heavy (non-hydrogen) atoms. The number of benzene rings is 2. The van der Waals surface area contributed by atoms with E-state index in [4.69, 9.17) is 11.6 Å². The number of imidazole rings is 1. The summed E-state index contributed by atoms with van der Waals surface area (Å²) in [5.74, 6) is -0.164. The number of carbonyl (C=O) groups excluding carboxylic acids is 1. The standard InChI is InChI=1S/C19H18ClN3OS/c1-25-16-6-7-18(20)17(10-16)19(24)22-11-14-2-4-15(5-3-14)12-23-9-8-21-13-23/h2-10,13H,11-12H2,1H3,(H,22,24). The summed E-state index contributed by atoms with van der Waals surface area (Å²) in [6, 6.07) is 13.6. The summed E-state index contributed by atoms with van der Waals surface area (Å²) in [5.41, 5.74) is 2.73. The second-order valence-corrected chi connectivity index (χ2v) is 6.87. The molecule has 2 aromatic carbocycles. The third-order valence-corrected chi connectivity index (χ3v) is 4.87. The third-order valence-electron chi connectivity index (χ3n) is 3.82. The normalized spacial score (nSPS) is 10.6. The molecule has 0 bridgehead atoms. The minimum absolute atomic E-state index is 0.164. The van der Waals surface area contributed by atoms with Crippen molar-refractivity contribution in [2.45, 2.75) is 18.0 Å². The molecule has 0 aliphatic heterocycles. The quantitative estimate of drug-likeness (QED) is 0.659. The van der Waals surface area contributed by atoms with Gasteiger partial charge in [-0.05, 0) is 35.6 Å². The molecule has 0 unspecified atom stereocenters. The van der Waals surface area contributed by atoms with Gasteiger partial charge < -0.3 is 9.88 Å². The van der Waals surface area contributed by atoms with E-state index in [1.54, 1.807) is 30.4 Å². The van der Waals surface area contributed by atoms with E-state index in [1.807, 2.05) is 41.3 Å². The monoisotopic (exact) mass is 371 g/mol. The lowest BCUT2D eigenvalue weighted by atomic mass is 10.1. The maximum Gasteiger partial charge on any atom is 0.253 e. The number of nitrogens with one attached hydrogen (secondary N) is 1. The molecular weight excluding hydrogens is 354 g/mol. The van der Waals surface area contributed by atoms with Gasteiger partial charge in [-0.15, -0.1) is 11.8 Å². The van der Waals surface area contributed by atoms with E-state index < -0.39 is 0 Å². The smallest absolute Gasteiger partial charge is 0.253 e. The minimum atomic E-state index is -0.164. The van der Waals surface area contributed by atoms with Gasteiger partial charge >= 0.3 is 0 Å². The summed E-state index contributed by atoms with van der Waals surface area (Å²) in [6.07, 6.45) is 7.46. The number of hydrogen-bond acceptors (Lipinski definition) is 3. The topological polar surface area (TPSA) is 46.9 Å². The van der Waals surface area contributed by atoms with Gasteiger partial charge in [0.15, 0.2) is 0 Å². The Morgan fingerprint density at radius 2 is 1.96 bits per heavy atom. The van der Waals surface area contributed by atoms with Gasteiger partial charge in [-0.3, -0.25) is 4.79 Å². The lowest BCUT2D eigenvalue weighted by molar-refractivity contribution is 0.0951. The maximum atomic E-state index is 12.4. The van der Waals surface area contributed by atoms with Crippen molar-refractivity contribution < 1.29 is 4.79 Å². The van der Waals surface area contributed by atoms with Crippen LogP contribution < -0.4 is 5.32 Å². The van der Waals surface area contributed by atoms with Gasteiger partial charge in [0, 0.05) is 30.4 Å². The van der Waals surface area contributed by atoms with E-state index in [0.29, 0.717) is 17.1 Å². The van der Waals surface area contributed by atoms with Gasteiger partial charge in [0.25, 0.3) is 5.91 Å². The predicted octanol–water partition coefficient (Wildman–Crippen LogP) is 4.24. The van der Waals surface area contributed by atoms with E-state index in [9.17, 15) is 4.79 Å². The third kappa shape index (κ3) is 4.65. The Morgan fingerprint density at radius 3 is 2.64 bits per heavy atom. The Kier molecular flexibility index (Phi) is 5.79. The lowest BCUT2D eigenvalue weighted by Gasteiger charge is -2.09. The Balaban J connectivity index is 1.60. The van der Waals surface area contributed by atoms with Gasteiger partial charge in [0.1, 0.15) is 0 Å². The van der Waals surface area contributed by atoms with Crippen LogP contribution in [-0.2, 0) is 13.1 Å². The molecular formula is C19H18ClN3OS. The van der Waals surface area contributed by atoms with Gasteiger partial charge in [-0.2, -0.15) is 0 Å². The molecule has 0 spiro atoms. The predicted molar refractivity (Wildman–Crippen MR) is 102 cm³/mol. The SMILES string of the molecule is CSc1ccc(Cl)c(C(=O)NCc2ccc(Cn3ccnc3)cc2)c1. The number of rotatable bonds is 6. The first-order valence-corrected chi connectivity index (χ1v) is 9.41. The van der Waals surface area contributed by atoms with Gasteiger partial charge in [0.2, 0.25) is 0 Å². The van der Waals surface area contributed by atoms with E-state index in [0.717, 1.165) is 17.0 Å². The molecule has 0 aliphatic rings. The van der Waals surface area contributed by atoms with Crippen molar-refractivity contribution >= 4 is 29.3 Å².